The largest absolute Gasteiger partial charge is 0.371 e. The van der Waals surface area contributed by atoms with Crippen LogP contribution in [0, 0.1) is 17.2 Å². The zero-order valence-electron chi connectivity index (χ0n) is 8.00. The molecule has 0 amide bonds. The van der Waals surface area contributed by atoms with Crippen LogP contribution in [0.25, 0.3) is 0 Å². The van der Waals surface area contributed by atoms with Crippen LogP contribution < -0.4 is 4.90 Å². The first-order valence-electron chi connectivity index (χ1n) is 4.65. The standard InChI is InChI=1S/C11H11ClN2/c1-8-6-14(7-8)10-3-2-9(5-13)11(12)4-10/h2-4,8H,6-7H2,1H3. The van der Waals surface area contributed by atoms with Gasteiger partial charge in [-0.05, 0) is 24.1 Å². The van der Waals surface area contributed by atoms with Crippen LogP contribution in [0.1, 0.15) is 12.5 Å². The molecule has 1 saturated heterocycles. The van der Waals surface area contributed by atoms with Gasteiger partial charge in [0.1, 0.15) is 6.07 Å². The van der Waals surface area contributed by atoms with Crippen molar-refractivity contribution in [1.82, 2.24) is 0 Å². The summed E-state index contributed by atoms with van der Waals surface area (Å²) in [7, 11) is 0. The van der Waals surface area contributed by atoms with Crippen molar-refractivity contribution in [3.8, 4) is 6.07 Å². The van der Waals surface area contributed by atoms with Crippen molar-refractivity contribution in [2.45, 2.75) is 6.92 Å². The molecule has 0 aliphatic carbocycles. The molecule has 0 saturated carbocycles. The van der Waals surface area contributed by atoms with Crippen molar-refractivity contribution in [1.29, 1.82) is 5.26 Å². The van der Waals surface area contributed by atoms with E-state index in [1.807, 2.05) is 12.1 Å². The summed E-state index contributed by atoms with van der Waals surface area (Å²) in [6.45, 7) is 4.40. The summed E-state index contributed by atoms with van der Waals surface area (Å²) < 4.78 is 0. The molecule has 1 aliphatic heterocycles. The molecule has 1 aliphatic rings. The van der Waals surface area contributed by atoms with E-state index in [4.69, 9.17) is 16.9 Å². The molecule has 0 unspecified atom stereocenters. The summed E-state index contributed by atoms with van der Waals surface area (Å²) in [5, 5.41) is 9.26. The summed E-state index contributed by atoms with van der Waals surface area (Å²) in [5.74, 6) is 0.768. The number of benzene rings is 1. The molecular formula is C11H11ClN2. The van der Waals surface area contributed by atoms with Gasteiger partial charge in [-0.2, -0.15) is 5.26 Å². The van der Waals surface area contributed by atoms with Gasteiger partial charge >= 0.3 is 0 Å². The van der Waals surface area contributed by atoms with Crippen molar-refractivity contribution in [2.24, 2.45) is 5.92 Å². The molecule has 0 N–H and O–H groups in total. The third-order valence-corrected chi connectivity index (χ3v) is 2.82. The second-order valence-corrected chi connectivity index (χ2v) is 4.19. The van der Waals surface area contributed by atoms with Gasteiger partial charge in [0.25, 0.3) is 0 Å². The molecule has 1 heterocycles. The van der Waals surface area contributed by atoms with Crippen molar-refractivity contribution >= 4 is 17.3 Å². The molecule has 0 spiro atoms. The first kappa shape index (κ1) is 9.36. The molecule has 3 heteroatoms. The van der Waals surface area contributed by atoms with Crippen molar-refractivity contribution in [3.63, 3.8) is 0 Å². The Bertz CT molecular complexity index is 389. The van der Waals surface area contributed by atoms with E-state index in [0.29, 0.717) is 10.6 Å². The number of rotatable bonds is 1. The lowest BCUT2D eigenvalue weighted by molar-refractivity contribution is 0.447. The highest BCUT2D eigenvalue weighted by Gasteiger charge is 2.22. The lowest BCUT2D eigenvalue weighted by Gasteiger charge is -2.39. The summed E-state index contributed by atoms with van der Waals surface area (Å²) >= 11 is 5.94. The molecule has 2 nitrogen and oxygen atoms in total. The highest BCUT2D eigenvalue weighted by atomic mass is 35.5. The molecular weight excluding hydrogens is 196 g/mol. The number of halogens is 1. The van der Waals surface area contributed by atoms with Gasteiger partial charge in [-0.25, -0.2) is 0 Å². The van der Waals surface area contributed by atoms with Crippen LogP contribution >= 0.6 is 11.6 Å². The average Bonchev–Trinajstić information content (AvgIpc) is 2.13. The quantitative estimate of drug-likeness (QED) is 0.707. The third kappa shape index (κ3) is 1.56. The maximum absolute atomic E-state index is 8.71. The predicted octanol–water partition coefficient (Wildman–Crippen LogP) is 2.67. The van der Waals surface area contributed by atoms with Crippen molar-refractivity contribution in [3.05, 3.63) is 28.8 Å². The smallest absolute Gasteiger partial charge is 0.101 e. The lowest BCUT2D eigenvalue weighted by Crippen LogP contribution is -2.45. The summed E-state index contributed by atoms with van der Waals surface area (Å²) in [5.41, 5.74) is 1.66. The average molecular weight is 207 g/mol. The number of nitriles is 1. The Balaban J connectivity index is 2.22. The van der Waals surface area contributed by atoms with Gasteiger partial charge in [0.05, 0.1) is 10.6 Å². The first-order chi connectivity index (χ1) is 6.70. The van der Waals surface area contributed by atoms with E-state index in [1.54, 1.807) is 6.07 Å². The molecule has 14 heavy (non-hydrogen) atoms. The van der Waals surface area contributed by atoms with E-state index in [9.17, 15) is 0 Å². The Hall–Kier alpha value is -1.20. The molecule has 1 aromatic rings. The Labute approximate surface area is 88.7 Å². The topological polar surface area (TPSA) is 27.0 Å². The van der Waals surface area contributed by atoms with Gasteiger partial charge in [0.2, 0.25) is 0 Å². The highest BCUT2D eigenvalue weighted by molar-refractivity contribution is 6.32. The lowest BCUT2D eigenvalue weighted by atomic mass is 10.0. The number of nitrogens with zero attached hydrogens (tertiary/aromatic N) is 2. The van der Waals surface area contributed by atoms with Gasteiger partial charge in [-0.15, -0.1) is 0 Å². The van der Waals surface area contributed by atoms with Gasteiger partial charge in [0.15, 0.2) is 0 Å². The molecule has 72 valence electrons. The SMILES string of the molecule is CC1CN(c2ccc(C#N)c(Cl)c2)C1. The van der Waals surface area contributed by atoms with E-state index in [0.717, 1.165) is 24.7 Å². The molecule has 1 aromatic carbocycles. The first-order valence-corrected chi connectivity index (χ1v) is 5.03. The third-order valence-electron chi connectivity index (χ3n) is 2.50. The van der Waals surface area contributed by atoms with Crippen LogP contribution in [0.4, 0.5) is 5.69 Å². The Morgan fingerprint density at radius 2 is 2.21 bits per heavy atom. The van der Waals surface area contributed by atoms with E-state index >= 15 is 0 Å². The van der Waals surface area contributed by atoms with Gasteiger partial charge in [-0.3, -0.25) is 0 Å². The highest BCUT2D eigenvalue weighted by Crippen LogP contribution is 2.28. The Kier molecular flexibility index (Phi) is 2.35. The second-order valence-electron chi connectivity index (χ2n) is 3.79. The van der Waals surface area contributed by atoms with Crippen LogP contribution in [-0.4, -0.2) is 13.1 Å². The van der Waals surface area contributed by atoms with Crippen LogP contribution in [0.3, 0.4) is 0 Å². The summed E-state index contributed by atoms with van der Waals surface area (Å²) in [6, 6.07) is 7.66. The zero-order chi connectivity index (χ0) is 10.1. The van der Waals surface area contributed by atoms with E-state index in [-0.39, 0.29) is 0 Å². The predicted molar refractivity (Wildman–Crippen MR) is 57.5 cm³/mol. The number of hydrogen-bond acceptors (Lipinski definition) is 2. The number of anilines is 1. The van der Waals surface area contributed by atoms with Crippen LogP contribution in [0.5, 0.6) is 0 Å². The van der Waals surface area contributed by atoms with Crippen LogP contribution in [0.2, 0.25) is 5.02 Å². The zero-order valence-corrected chi connectivity index (χ0v) is 8.75. The monoisotopic (exact) mass is 206 g/mol. The maximum Gasteiger partial charge on any atom is 0.101 e. The van der Waals surface area contributed by atoms with E-state index in [2.05, 4.69) is 17.9 Å². The van der Waals surface area contributed by atoms with Crippen LogP contribution in [0.15, 0.2) is 18.2 Å². The maximum atomic E-state index is 8.71. The molecule has 2 rings (SSSR count). The van der Waals surface area contributed by atoms with Gasteiger partial charge < -0.3 is 4.90 Å². The minimum Gasteiger partial charge on any atom is -0.371 e. The van der Waals surface area contributed by atoms with E-state index in [1.165, 1.54) is 0 Å². The molecule has 0 bridgehead atoms. The van der Waals surface area contributed by atoms with Crippen molar-refractivity contribution < 1.29 is 0 Å². The fraction of sp³-hybridized carbons (Fsp3) is 0.364. The fourth-order valence-corrected chi connectivity index (χ4v) is 1.92. The minimum absolute atomic E-state index is 0.545. The van der Waals surface area contributed by atoms with Crippen molar-refractivity contribution in [2.75, 3.05) is 18.0 Å². The summed E-state index contributed by atoms with van der Waals surface area (Å²) in [6.07, 6.45) is 0. The Morgan fingerprint density at radius 1 is 1.50 bits per heavy atom. The molecule has 0 atom stereocenters. The summed E-state index contributed by atoms with van der Waals surface area (Å²) in [4.78, 5) is 2.26. The fourth-order valence-electron chi connectivity index (χ4n) is 1.70. The molecule has 1 fully saturated rings. The van der Waals surface area contributed by atoms with Gasteiger partial charge in [-0.1, -0.05) is 18.5 Å². The molecule has 0 radical (unpaired) electrons. The van der Waals surface area contributed by atoms with Crippen LogP contribution in [-0.2, 0) is 0 Å². The normalized spacial score (nSPS) is 16.2. The second kappa shape index (κ2) is 3.51. The Morgan fingerprint density at radius 3 is 2.71 bits per heavy atom. The van der Waals surface area contributed by atoms with Gasteiger partial charge in [0, 0.05) is 18.8 Å². The number of hydrogen-bond donors (Lipinski definition) is 0. The van der Waals surface area contributed by atoms with E-state index < -0.39 is 0 Å². The molecule has 0 aromatic heterocycles. The minimum atomic E-state index is 0.545.